The Morgan fingerprint density at radius 3 is 2.28 bits per heavy atom. The van der Waals surface area contributed by atoms with Crippen molar-refractivity contribution in [2.45, 2.75) is 51.0 Å². The second-order valence-corrected chi connectivity index (χ2v) is 5.04. The van der Waals surface area contributed by atoms with Crippen molar-refractivity contribution in [1.82, 2.24) is 10.2 Å². The fourth-order valence-electron chi connectivity index (χ4n) is 2.42. The van der Waals surface area contributed by atoms with Crippen LogP contribution >= 0.6 is 0 Å². The summed E-state index contributed by atoms with van der Waals surface area (Å²) >= 11 is 0. The number of nitrogens with one attached hydrogen (secondary N) is 1. The molecule has 1 heterocycles. The van der Waals surface area contributed by atoms with Crippen LogP contribution in [0.4, 0.5) is 0 Å². The van der Waals surface area contributed by atoms with Gasteiger partial charge in [0.2, 0.25) is 0 Å². The van der Waals surface area contributed by atoms with Crippen LogP contribution in [-0.4, -0.2) is 44.2 Å². The molecule has 0 aliphatic carbocycles. The van der Waals surface area contributed by atoms with E-state index in [9.17, 15) is 0 Å². The Bertz CT molecular complexity index is 165. The summed E-state index contributed by atoms with van der Waals surface area (Å²) < 4.78 is 0. The average Bonchev–Trinajstić information content (AvgIpc) is 2.42. The Balaban J connectivity index is 0.00000137. The lowest BCUT2D eigenvalue weighted by Gasteiger charge is -2.33. The minimum atomic E-state index is 0.776. The average molecular weight is 259 g/mol. The summed E-state index contributed by atoms with van der Waals surface area (Å²) in [6.07, 6.45) is 9.44. The third-order valence-electron chi connectivity index (χ3n) is 3.64. The molecule has 5 nitrogen and oxygen atoms in total. The van der Waals surface area contributed by atoms with Gasteiger partial charge in [0.05, 0.1) is 0 Å². The molecular weight excluding hydrogens is 226 g/mol. The molecule has 110 valence electrons. The van der Waals surface area contributed by atoms with Gasteiger partial charge in [-0.25, -0.2) is 0 Å². The summed E-state index contributed by atoms with van der Waals surface area (Å²) in [6, 6.07) is 0.776. The molecule has 1 aliphatic rings. The van der Waals surface area contributed by atoms with Crippen molar-refractivity contribution in [1.29, 1.82) is 0 Å². The first-order valence-electron chi connectivity index (χ1n) is 7.29. The predicted molar refractivity (Wildman–Crippen MR) is 79.0 cm³/mol. The Morgan fingerprint density at radius 1 is 1.06 bits per heavy atom. The van der Waals surface area contributed by atoms with Gasteiger partial charge in [-0.3, -0.25) is 11.7 Å². The number of rotatable bonds is 8. The molecule has 0 aromatic rings. The van der Waals surface area contributed by atoms with E-state index in [-0.39, 0.29) is 0 Å². The van der Waals surface area contributed by atoms with E-state index in [0.717, 1.165) is 19.1 Å². The summed E-state index contributed by atoms with van der Waals surface area (Å²) in [5, 5.41) is 3.48. The molecule has 0 saturated carbocycles. The Hall–Kier alpha value is -0.200. The highest BCUT2D eigenvalue weighted by Gasteiger charge is 2.17. The van der Waals surface area contributed by atoms with Gasteiger partial charge in [-0.2, -0.15) is 0 Å². The molecule has 7 N–H and O–H groups in total. The smallest absolute Gasteiger partial charge is 0.0218 e. The summed E-state index contributed by atoms with van der Waals surface area (Å²) in [5.74, 6) is 8.00. The molecule has 0 bridgehead atoms. The lowest BCUT2D eigenvalue weighted by molar-refractivity contribution is 0.187. The zero-order valence-corrected chi connectivity index (χ0v) is 12.0. The zero-order valence-electron chi connectivity index (χ0n) is 12.0. The molecule has 1 atom stereocenters. The number of nitrogens with two attached hydrogens (primary N) is 3. The third kappa shape index (κ3) is 8.83. The van der Waals surface area contributed by atoms with Crippen LogP contribution in [0.5, 0.6) is 0 Å². The lowest BCUT2D eigenvalue weighted by Crippen LogP contribution is -2.49. The van der Waals surface area contributed by atoms with Gasteiger partial charge >= 0.3 is 0 Å². The quantitative estimate of drug-likeness (QED) is 0.288. The number of likely N-dealkylation sites (N-methyl/N-ethyl adjacent to an activating group) is 1. The van der Waals surface area contributed by atoms with Crippen molar-refractivity contribution >= 4 is 0 Å². The summed E-state index contributed by atoms with van der Waals surface area (Å²) in [4.78, 5) is 2.50. The molecule has 0 amide bonds. The third-order valence-corrected chi connectivity index (χ3v) is 3.64. The molecule has 18 heavy (non-hydrogen) atoms. The van der Waals surface area contributed by atoms with E-state index >= 15 is 0 Å². The fourth-order valence-corrected chi connectivity index (χ4v) is 2.42. The van der Waals surface area contributed by atoms with E-state index in [0.29, 0.717) is 0 Å². The zero-order chi connectivity index (χ0) is 13.6. The number of unbranched alkanes of at least 4 members (excludes halogenated alkanes) is 5. The van der Waals surface area contributed by atoms with Crippen molar-refractivity contribution in [2.24, 2.45) is 17.4 Å². The van der Waals surface area contributed by atoms with E-state index in [4.69, 9.17) is 5.73 Å². The van der Waals surface area contributed by atoms with Gasteiger partial charge in [0.25, 0.3) is 0 Å². The fraction of sp³-hybridized carbons (Fsp3) is 1.00. The SMILES string of the molecule is CN1CCNCC1CCCCCCCCN.NN. The summed E-state index contributed by atoms with van der Waals surface area (Å²) in [5.41, 5.74) is 5.47. The largest absolute Gasteiger partial charge is 0.330 e. The van der Waals surface area contributed by atoms with E-state index in [1.54, 1.807) is 0 Å². The van der Waals surface area contributed by atoms with Crippen LogP contribution in [0.1, 0.15) is 44.9 Å². The van der Waals surface area contributed by atoms with Crippen molar-refractivity contribution in [2.75, 3.05) is 33.2 Å². The summed E-state index contributed by atoms with van der Waals surface area (Å²) in [6.45, 7) is 4.41. The number of hydrazine groups is 1. The van der Waals surface area contributed by atoms with E-state index in [1.807, 2.05) is 0 Å². The normalized spacial score (nSPS) is 20.3. The van der Waals surface area contributed by atoms with Gasteiger partial charge in [0, 0.05) is 25.7 Å². The van der Waals surface area contributed by atoms with Crippen LogP contribution in [0.25, 0.3) is 0 Å². The van der Waals surface area contributed by atoms with E-state index < -0.39 is 0 Å². The standard InChI is InChI=1S/C13H29N3.H4N2/c1-16-11-10-15-12-13(16)8-6-4-2-3-5-7-9-14;1-2/h13,15H,2-12,14H2,1H3;1-2H2. The van der Waals surface area contributed by atoms with Crippen LogP contribution in [0.2, 0.25) is 0 Å². The molecule has 1 saturated heterocycles. The first-order valence-corrected chi connectivity index (χ1v) is 7.29. The minimum Gasteiger partial charge on any atom is -0.330 e. The Kier molecular flexibility index (Phi) is 13.1. The number of nitrogens with zero attached hydrogens (tertiary/aromatic N) is 1. The second-order valence-electron chi connectivity index (χ2n) is 5.04. The Morgan fingerprint density at radius 2 is 1.67 bits per heavy atom. The minimum absolute atomic E-state index is 0.776. The van der Waals surface area contributed by atoms with Gasteiger partial charge in [-0.05, 0) is 26.4 Å². The molecule has 0 spiro atoms. The summed E-state index contributed by atoms with van der Waals surface area (Å²) in [7, 11) is 2.26. The van der Waals surface area contributed by atoms with Crippen LogP contribution < -0.4 is 22.7 Å². The highest BCUT2D eigenvalue weighted by molar-refractivity contribution is 4.76. The molecule has 1 unspecified atom stereocenters. The van der Waals surface area contributed by atoms with Crippen molar-refractivity contribution < 1.29 is 0 Å². The monoisotopic (exact) mass is 259 g/mol. The lowest BCUT2D eigenvalue weighted by atomic mass is 10.0. The molecule has 1 aliphatic heterocycles. The van der Waals surface area contributed by atoms with Gasteiger partial charge < -0.3 is 16.0 Å². The van der Waals surface area contributed by atoms with E-state index in [2.05, 4.69) is 28.9 Å². The molecule has 1 rings (SSSR count). The van der Waals surface area contributed by atoms with Crippen molar-refractivity contribution in [3.63, 3.8) is 0 Å². The topological polar surface area (TPSA) is 93.3 Å². The van der Waals surface area contributed by atoms with Crippen LogP contribution in [0.3, 0.4) is 0 Å². The maximum absolute atomic E-state index is 5.47. The van der Waals surface area contributed by atoms with Crippen molar-refractivity contribution in [3.8, 4) is 0 Å². The van der Waals surface area contributed by atoms with Gasteiger partial charge in [0.1, 0.15) is 0 Å². The van der Waals surface area contributed by atoms with E-state index in [1.165, 1.54) is 58.0 Å². The highest BCUT2D eigenvalue weighted by atomic mass is 15.2. The molecule has 0 radical (unpaired) electrons. The first-order chi connectivity index (χ1) is 8.84. The van der Waals surface area contributed by atoms with Crippen LogP contribution in [-0.2, 0) is 0 Å². The number of hydrogen-bond donors (Lipinski definition) is 4. The first kappa shape index (κ1) is 17.8. The van der Waals surface area contributed by atoms with Gasteiger partial charge in [-0.1, -0.05) is 32.1 Å². The highest BCUT2D eigenvalue weighted by Crippen LogP contribution is 2.12. The second kappa shape index (κ2) is 13.2. The van der Waals surface area contributed by atoms with Crippen LogP contribution in [0, 0.1) is 0 Å². The molecular formula is C13H33N5. The molecule has 1 fully saturated rings. The maximum atomic E-state index is 5.47. The molecule has 0 aromatic carbocycles. The Labute approximate surface area is 112 Å². The van der Waals surface area contributed by atoms with Crippen molar-refractivity contribution in [3.05, 3.63) is 0 Å². The predicted octanol–water partition coefficient (Wildman–Crippen LogP) is 0.398. The van der Waals surface area contributed by atoms with Gasteiger partial charge in [0.15, 0.2) is 0 Å². The molecule has 0 aromatic heterocycles. The van der Waals surface area contributed by atoms with Crippen LogP contribution in [0.15, 0.2) is 0 Å². The number of hydrogen-bond acceptors (Lipinski definition) is 5. The van der Waals surface area contributed by atoms with Gasteiger partial charge in [-0.15, -0.1) is 0 Å². The number of piperazine rings is 1. The molecule has 5 heteroatoms. The maximum Gasteiger partial charge on any atom is 0.0218 e.